The SMILES string of the molecule is O=C1C(=O)N(CCBr)c2cc(F)c(Br)cc21. The number of rotatable bonds is 2. The van der Waals surface area contributed by atoms with Crippen molar-refractivity contribution in [2.45, 2.75) is 0 Å². The number of ketones is 1. The lowest BCUT2D eigenvalue weighted by Crippen LogP contribution is -2.31. The zero-order valence-electron chi connectivity index (χ0n) is 7.97. The predicted octanol–water partition coefficient (Wildman–Crippen LogP) is 2.51. The summed E-state index contributed by atoms with van der Waals surface area (Å²) >= 11 is 6.17. The van der Waals surface area contributed by atoms with Crippen LogP contribution < -0.4 is 4.90 Å². The molecule has 0 aromatic heterocycles. The summed E-state index contributed by atoms with van der Waals surface area (Å²) in [6.45, 7) is 0.346. The number of hydrogen-bond donors (Lipinski definition) is 0. The number of anilines is 1. The van der Waals surface area contributed by atoms with Crippen molar-refractivity contribution < 1.29 is 14.0 Å². The van der Waals surface area contributed by atoms with E-state index in [0.717, 1.165) is 0 Å². The summed E-state index contributed by atoms with van der Waals surface area (Å²) in [5.41, 5.74) is 0.592. The van der Waals surface area contributed by atoms with E-state index in [0.29, 0.717) is 17.6 Å². The van der Waals surface area contributed by atoms with Gasteiger partial charge in [-0.2, -0.15) is 0 Å². The molecule has 1 amide bonds. The van der Waals surface area contributed by atoms with Crippen LogP contribution in [0.1, 0.15) is 10.4 Å². The van der Waals surface area contributed by atoms with E-state index in [4.69, 9.17) is 0 Å². The van der Waals surface area contributed by atoms with Gasteiger partial charge in [-0.25, -0.2) is 4.39 Å². The Kier molecular flexibility index (Phi) is 3.12. The summed E-state index contributed by atoms with van der Waals surface area (Å²) in [5, 5.41) is 0.531. The normalized spacial score (nSPS) is 14.6. The van der Waals surface area contributed by atoms with E-state index in [-0.39, 0.29) is 10.0 Å². The molecule has 1 heterocycles. The Hall–Kier alpha value is -0.750. The molecule has 0 saturated carbocycles. The highest BCUT2D eigenvalue weighted by molar-refractivity contribution is 9.10. The van der Waals surface area contributed by atoms with Crippen LogP contribution in [0.4, 0.5) is 10.1 Å². The maximum Gasteiger partial charge on any atom is 0.299 e. The van der Waals surface area contributed by atoms with Gasteiger partial charge in [-0.15, -0.1) is 0 Å². The molecule has 1 aromatic carbocycles. The molecule has 84 valence electrons. The van der Waals surface area contributed by atoms with Crippen LogP contribution in [0, 0.1) is 5.82 Å². The number of nitrogens with zero attached hydrogens (tertiary/aromatic N) is 1. The van der Waals surface area contributed by atoms with E-state index in [1.54, 1.807) is 0 Å². The van der Waals surface area contributed by atoms with Gasteiger partial charge in [0.05, 0.1) is 15.7 Å². The predicted molar refractivity (Wildman–Crippen MR) is 64.6 cm³/mol. The first kappa shape index (κ1) is 11.7. The lowest BCUT2D eigenvalue weighted by Gasteiger charge is -2.14. The first-order valence-electron chi connectivity index (χ1n) is 4.47. The van der Waals surface area contributed by atoms with Crippen molar-refractivity contribution in [3.05, 3.63) is 28.0 Å². The number of alkyl halides is 1. The van der Waals surface area contributed by atoms with Crippen LogP contribution in [0.3, 0.4) is 0 Å². The third-order valence-electron chi connectivity index (χ3n) is 2.32. The lowest BCUT2D eigenvalue weighted by atomic mass is 10.1. The Morgan fingerprint density at radius 2 is 2.00 bits per heavy atom. The van der Waals surface area contributed by atoms with E-state index in [1.165, 1.54) is 17.0 Å². The van der Waals surface area contributed by atoms with Crippen LogP contribution >= 0.6 is 31.9 Å². The quantitative estimate of drug-likeness (QED) is 0.607. The van der Waals surface area contributed by atoms with Gasteiger partial charge in [0, 0.05) is 11.9 Å². The smallest absolute Gasteiger partial charge is 0.299 e. The fourth-order valence-electron chi connectivity index (χ4n) is 1.60. The molecule has 6 heteroatoms. The highest BCUT2D eigenvalue weighted by atomic mass is 79.9. The fourth-order valence-corrected chi connectivity index (χ4v) is 2.29. The van der Waals surface area contributed by atoms with E-state index in [9.17, 15) is 14.0 Å². The fraction of sp³-hybridized carbons (Fsp3) is 0.200. The molecule has 0 unspecified atom stereocenters. The van der Waals surface area contributed by atoms with Gasteiger partial charge in [0.15, 0.2) is 0 Å². The van der Waals surface area contributed by atoms with Gasteiger partial charge in [0.1, 0.15) is 5.82 Å². The maximum atomic E-state index is 13.3. The average molecular weight is 351 g/mol. The number of benzene rings is 1. The monoisotopic (exact) mass is 349 g/mol. The minimum absolute atomic E-state index is 0.188. The van der Waals surface area contributed by atoms with Crippen molar-refractivity contribution in [3.63, 3.8) is 0 Å². The molecular formula is C10H6Br2FNO2. The summed E-state index contributed by atoms with van der Waals surface area (Å²) in [4.78, 5) is 24.5. The topological polar surface area (TPSA) is 37.4 Å². The number of hydrogen-bond acceptors (Lipinski definition) is 2. The van der Waals surface area contributed by atoms with Gasteiger partial charge in [-0.05, 0) is 28.1 Å². The zero-order chi connectivity index (χ0) is 11.9. The van der Waals surface area contributed by atoms with Gasteiger partial charge in [0.25, 0.3) is 11.7 Å². The van der Waals surface area contributed by atoms with E-state index in [2.05, 4.69) is 31.9 Å². The van der Waals surface area contributed by atoms with Gasteiger partial charge in [0.2, 0.25) is 0 Å². The molecule has 0 fully saturated rings. The molecule has 3 nitrogen and oxygen atoms in total. The standard InChI is InChI=1S/C10H6Br2FNO2/c11-1-2-14-8-4-7(13)6(12)3-5(8)9(15)10(14)16/h3-4H,1-2H2. The van der Waals surface area contributed by atoms with Crippen molar-refractivity contribution in [2.24, 2.45) is 0 Å². The molecular weight excluding hydrogens is 345 g/mol. The van der Waals surface area contributed by atoms with E-state index < -0.39 is 17.5 Å². The minimum Gasteiger partial charge on any atom is -0.304 e. The van der Waals surface area contributed by atoms with Gasteiger partial charge < -0.3 is 4.90 Å². The summed E-state index contributed by atoms with van der Waals surface area (Å²) < 4.78 is 13.5. The van der Waals surface area contributed by atoms with Crippen molar-refractivity contribution in [1.29, 1.82) is 0 Å². The number of Topliss-reactive ketones (excluding diaryl/α,β-unsaturated/α-hetero) is 1. The number of carbonyl (C=O) groups is 2. The molecule has 0 spiro atoms. The van der Waals surface area contributed by atoms with Gasteiger partial charge in [-0.1, -0.05) is 15.9 Å². The lowest BCUT2D eigenvalue weighted by molar-refractivity contribution is -0.114. The highest BCUT2D eigenvalue weighted by Crippen LogP contribution is 2.33. The van der Waals surface area contributed by atoms with Crippen molar-refractivity contribution in [2.75, 3.05) is 16.8 Å². The van der Waals surface area contributed by atoms with Crippen molar-refractivity contribution in [3.8, 4) is 0 Å². The molecule has 0 saturated heterocycles. The Balaban J connectivity index is 2.56. The number of fused-ring (bicyclic) bond motifs is 1. The summed E-state index contributed by atoms with van der Waals surface area (Å²) in [6, 6.07) is 2.55. The largest absolute Gasteiger partial charge is 0.304 e. The van der Waals surface area contributed by atoms with Gasteiger partial charge >= 0.3 is 0 Å². The Morgan fingerprint density at radius 3 is 2.62 bits per heavy atom. The molecule has 1 aromatic rings. The number of amides is 1. The Bertz CT molecular complexity index is 490. The number of halogens is 3. The molecule has 0 aliphatic carbocycles. The molecule has 16 heavy (non-hydrogen) atoms. The second-order valence-corrected chi connectivity index (χ2v) is 4.91. The van der Waals surface area contributed by atoms with E-state index in [1.807, 2.05) is 0 Å². The third-order valence-corrected chi connectivity index (χ3v) is 3.28. The van der Waals surface area contributed by atoms with Gasteiger partial charge in [-0.3, -0.25) is 9.59 Å². The maximum absolute atomic E-state index is 13.3. The first-order valence-corrected chi connectivity index (χ1v) is 6.39. The Morgan fingerprint density at radius 1 is 1.31 bits per heavy atom. The molecule has 0 atom stereocenters. The molecule has 0 N–H and O–H groups in total. The summed E-state index contributed by atoms with van der Waals surface area (Å²) in [6.07, 6.45) is 0. The Labute approximate surface area is 108 Å². The molecule has 0 radical (unpaired) electrons. The first-order chi connectivity index (χ1) is 7.56. The summed E-state index contributed by atoms with van der Waals surface area (Å²) in [7, 11) is 0. The van der Waals surface area contributed by atoms with Crippen LogP contribution in [0.5, 0.6) is 0 Å². The molecule has 1 aliphatic rings. The van der Waals surface area contributed by atoms with Crippen LogP contribution in [0.15, 0.2) is 16.6 Å². The third kappa shape index (κ3) is 1.69. The van der Waals surface area contributed by atoms with Crippen LogP contribution in [-0.2, 0) is 4.79 Å². The van der Waals surface area contributed by atoms with Crippen LogP contribution in [-0.4, -0.2) is 23.6 Å². The summed E-state index contributed by atoms with van der Waals surface area (Å²) in [5.74, 6) is -1.68. The zero-order valence-corrected chi connectivity index (χ0v) is 11.1. The minimum atomic E-state index is -0.605. The second kappa shape index (κ2) is 4.25. The van der Waals surface area contributed by atoms with E-state index >= 15 is 0 Å². The molecule has 1 aliphatic heterocycles. The van der Waals surface area contributed by atoms with Crippen LogP contribution in [0.2, 0.25) is 0 Å². The average Bonchev–Trinajstić information content (AvgIpc) is 2.46. The molecule has 0 bridgehead atoms. The highest BCUT2D eigenvalue weighted by Gasteiger charge is 2.36. The second-order valence-electron chi connectivity index (χ2n) is 3.26. The van der Waals surface area contributed by atoms with Crippen LogP contribution in [0.25, 0.3) is 0 Å². The van der Waals surface area contributed by atoms with Crippen molar-refractivity contribution in [1.82, 2.24) is 0 Å². The molecule has 2 rings (SSSR count). The number of carbonyl (C=O) groups excluding carboxylic acids is 2. The van der Waals surface area contributed by atoms with Crippen molar-refractivity contribution >= 4 is 49.2 Å².